The van der Waals surface area contributed by atoms with Crippen molar-refractivity contribution in [1.82, 2.24) is 4.31 Å². The zero-order valence-corrected chi connectivity index (χ0v) is 17.6. The van der Waals surface area contributed by atoms with Gasteiger partial charge in [-0.1, -0.05) is 36.4 Å². The third kappa shape index (κ3) is 4.62. The van der Waals surface area contributed by atoms with Crippen molar-refractivity contribution < 1.29 is 13.2 Å². The van der Waals surface area contributed by atoms with Gasteiger partial charge in [0.05, 0.1) is 11.7 Å². The molecule has 1 atom stereocenters. The van der Waals surface area contributed by atoms with E-state index < -0.39 is 10.0 Å². The van der Waals surface area contributed by atoms with Gasteiger partial charge >= 0.3 is 0 Å². The molecular formula is C22H28N2O3S. The summed E-state index contributed by atoms with van der Waals surface area (Å²) < 4.78 is 27.3. The van der Waals surface area contributed by atoms with E-state index >= 15 is 0 Å². The Kier molecular flexibility index (Phi) is 6.20. The van der Waals surface area contributed by atoms with E-state index in [4.69, 9.17) is 0 Å². The fourth-order valence-electron chi connectivity index (χ4n) is 3.59. The monoisotopic (exact) mass is 400 g/mol. The molecule has 0 aromatic heterocycles. The van der Waals surface area contributed by atoms with Crippen LogP contribution >= 0.6 is 0 Å². The second kappa shape index (κ2) is 8.45. The lowest BCUT2D eigenvalue weighted by Crippen LogP contribution is -2.44. The lowest BCUT2D eigenvalue weighted by atomic mass is 9.98. The van der Waals surface area contributed by atoms with Gasteiger partial charge in [-0.15, -0.1) is 0 Å². The number of carbonyl (C=O) groups excluding carboxylic acids is 1. The molecule has 1 N–H and O–H groups in total. The van der Waals surface area contributed by atoms with Crippen LogP contribution in [0.2, 0.25) is 0 Å². The number of nitrogens with zero attached hydrogens (tertiary/aromatic N) is 1. The van der Waals surface area contributed by atoms with Gasteiger partial charge in [0.25, 0.3) is 0 Å². The van der Waals surface area contributed by atoms with E-state index in [0.717, 1.165) is 27.9 Å². The van der Waals surface area contributed by atoms with Crippen LogP contribution in [0, 0.1) is 26.7 Å². The van der Waals surface area contributed by atoms with Gasteiger partial charge in [0.1, 0.15) is 0 Å². The van der Waals surface area contributed by atoms with Gasteiger partial charge < -0.3 is 5.32 Å². The van der Waals surface area contributed by atoms with Gasteiger partial charge in [0.2, 0.25) is 15.9 Å². The quantitative estimate of drug-likeness (QED) is 0.830. The molecule has 1 amide bonds. The highest BCUT2D eigenvalue weighted by Gasteiger charge is 2.32. The SMILES string of the molecule is Cc1ccccc1CS(=O)(=O)N1CCC[C@H](C(=O)Nc2cccc(C)c2C)C1. The molecule has 1 aliphatic heterocycles. The maximum atomic E-state index is 12.9. The number of anilines is 1. The van der Waals surface area contributed by atoms with E-state index in [-0.39, 0.29) is 24.1 Å². The first-order valence-corrected chi connectivity index (χ1v) is 11.3. The van der Waals surface area contributed by atoms with Crippen LogP contribution in [-0.2, 0) is 20.6 Å². The van der Waals surface area contributed by atoms with Crippen LogP contribution in [0.4, 0.5) is 5.69 Å². The van der Waals surface area contributed by atoms with Gasteiger partial charge in [-0.2, -0.15) is 0 Å². The smallest absolute Gasteiger partial charge is 0.228 e. The highest BCUT2D eigenvalue weighted by molar-refractivity contribution is 7.88. The minimum Gasteiger partial charge on any atom is -0.326 e. The number of sulfonamides is 1. The number of aryl methyl sites for hydroxylation is 2. The van der Waals surface area contributed by atoms with Crippen LogP contribution in [-0.4, -0.2) is 31.7 Å². The molecule has 2 aromatic rings. The maximum absolute atomic E-state index is 12.9. The fraction of sp³-hybridized carbons (Fsp3) is 0.409. The first-order chi connectivity index (χ1) is 13.3. The predicted octanol–water partition coefficient (Wildman–Crippen LogP) is 3.79. The Labute approximate surface area is 167 Å². The summed E-state index contributed by atoms with van der Waals surface area (Å²) in [5.74, 6) is -0.463. The Morgan fingerprint density at radius 3 is 2.54 bits per heavy atom. The lowest BCUT2D eigenvalue weighted by Gasteiger charge is -2.31. The molecule has 0 spiro atoms. The van der Waals surface area contributed by atoms with Crippen LogP contribution in [0.15, 0.2) is 42.5 Å². The van der Waals surface area contributed by atoms with Crippen molar-refractivity contribution in [2.24, 2.45) is 5.92 Å². The van der Waals surface area contributed by atoms with Crippen LogP contribution in [0.1, 0.15) is 35.1 Å². The molecular weight excluding hydrogens is 372 g/mol. The summed E-state index contributed by atoms with van der Waals surface area (Å²) in [6.45, 7) is 6.62. The molecule has 0 unspecified atom stereocenters. The molecule has 0 radical (unpaired) electrons. The van der Waals surface area contributed by atoms with Crippen LogP contribution in [0.25, 0.3) is 0 Å². The summed E-state index contributed by atoms with van der Waals surface area (Å²) in [5, 5.41) is 2.99. The molecule has 0 bridgehead atoms. The molecule has 0 saturated carbocycles. The number of benzene rings is 2. The standard InChI is InChI=1S/C22H28N2O3S/c1-16-9-6-12-21(18(16)3)23-22(25)19-11-7-13-24(14-19)28(26,27)15-20-10-5-4-8-17(20)2/h4-6,8-10,12,19H,7,11,13-15H2,1-3H3,(H,23,25)/t19-/m0/s1. The predicted molar refractivity (Wildman–Crippen MR) is 113 cm³/mol. The van der Waals surface area contributed by atoms with Crippen LogP contribution < -0.4 is 5.32 Å². The number of nitrogens with one attached hydrogen (secondary N) is 1. The van der Waals surface area contributed by atoms with Gasteiger partial charge in [-0.25, -0.2) is 12.7 Å². The lowest BCUT2D eigenvalue weighted by molar-refractivity contribution is -0.120. The summed E-state index contributed by atoms with van der Waals surface area (Å²) in [7, 11) is -3.46. The Morgan fingerprint density at radius 2 is 1.79 bits per heavy atom. The second-order valence-corrected chi connectivity index (χ2v) is 9.59. The minimum absolute atomic E-state index is 0.0228. The van der Waals surface area contributed by atoms with Gasteiger partial charge in [-0.05, 0) is 61.9 Å². The minimum atomic E-state index is -3.46. The molecule has 6 heteroatoms. The van der Waals surface area contributed by atoms with Gasteiger partial charge in [-0.3, -0.25) is 4.79 Å². The molecule has 150 valence electrons. The summed E-state index contributed by atoms with van der Waals surface area (Å²) in [5.41, 5.74) is 4.72. The number of hydrogen-bond acceptors (Lipinski definition) is 3. The number of amides is 1. The highest BCUT2D eigenvalue weighted by Crippen LogP contribution is 2.25. The van der Waals surface area contributed by atoms with Crippen LogP contribution in [0.5, 0.6) is 0 Å². The van der Waals surface area contributed by atoms with E-state index in [0.29, 0.717) is 19.4 Å². The van der Waals surface area contributed by atoms with Crippen molar-refractivity contribution in [2.45, 2.75) is 39.4 Å². The zero-order valence-electron chi connectivity index (χ0n) is 16.7. The number of carbonyl (C=O) groups is 1. The topological polar surface area (TPSA) is 66.5 Å². The first-order valence-electron chi connectivity index (χ1n) is 9.67. The Bertz CT molecular complexity index is 969. The van der Waals surface area contributed by atoms with Crippen LogP contribution in [0.3, 0.4) is 0 Å². The molecule has 3 rings (SSSR count). The van der Waals surface area contributed by atoms with E-state index in [1.165, 1.54) is 4.31 Å². The number of hydrogen-bond donors (Lipinski definition) is 1. The fourth-order valence-corrected chi connectivity index (χ4v) is 5.30. The molecule has 28 heavy (non-hydrogen) atoms. The molecule has 1 aliphatic rings. The van der Waals surface area contributed by atoms with Crippen molar-refractivity contribution in [3.63, 3.8) is 0 Å². The molecule has 1 saturated heterocycles. The number of rotatable bonds is 5. The highest BCUT2D eigenvalue weighted by atomic mass is 32.2. The van der Waals surface area contributed by atoms with E-state index in [1.54, 1.807) is 0 Å². The van der Waals surface area contributed by atoms with Crippen molar-refractivity contribution >= 4 is 21.6 Å². The average Bonchev–Trinajstić information content (AvgIpc) is 2.67. The zero-order chi connectivity index (χ0) is 20.3. The van der Waals surface area contributed by atoms with Crippen molar-refractivity contribution in [2.75, 3.05) is 18.4 Å². The van der Waals surface area contributed by atoms with Gasteiger partial charge in [0.15, 0.2) is 0 Å². The summed E-state index contributed by atoms with van der Waals surface area (Å²) in [4.78, 5) is 12.8. The van der Waals surface area contributed by atoms with Crippen molar-refractivity contribution in [3.05, 3.63) is 64.7 Å². The average molecular weight is 401 g/mol. The third-order valence-electron chi connectivity index (χ3n) is 5.61. The summed E-state index contributed by atoms with van der Waals surface area (Å²) in [6.07, 6.45) is 1.39. The van der Waals surface area contributed by atoms with E-state index in [9.17, 15) is 13.2 Å². The third-order valence-corrected chi connectivity index (χ3v) is 7.40. The molecule has 5 nitrogen and oxygen atoms in total. The maximum Gasteiger partial charge on any atom is 0.228 e. The van der Waals surface area contributed by atoms with E-state index in [2.05, 4.69) is 5.32 Å². The normalized spacial score (nSPS) is 18.0. The Morgan fingerprint density at radius 1 is 1.07 bits per heavy atom. The van der Waals surface area contributed by atoms with Gasteiger partial charge in [0, 0.05) is 18.8 Å². The molecule has 0 aliphatic carbocycles. The van der Waals surface area contributed by atoms with E-state index in [1.807, 2.05) is 63.2 Å². The Hall–Kier alpha value is -2.18. The van der Waals surface area contributed by atoms with Crippen molar-refractivity contribution in [3.8, 4) is 0 Å². The largest absolute Gasteiger partial charge is 0.326 e. The second-order valence-electron chi connectivity index (χ2n) is 7.62. The summed E-state index contributed by atoms with van der Waals surface area (Å²) in [6, 6.07) is 13.3. The summed E-state index contributed by atoms with van der Waals surface area (Å²) >= 11 is 0. The first kappa shape index (κ1) is 20.6. The van der Waals surface area contributed by atoms with Crippen molar-refractivity contribution in [1.29, 1.82) is 0 Å². The Balaban J connectivity index is 1.70. The molecule has 1 fully saturated rings. The molecule has 1 heterocycles. The molecule has 2 aromatic carbocycles. The number of piperidine rings is 1.